The van der Waals surface area contributed by atoms with Gasteiger partial charge in [-0.1, -0.05) is 82.7 Å². The van der Waals surface area contributed by atoms with Crippen LogP contribution in [0.1, 0.15) is 102 Å². The minimum absolute atomic E-state index is 0.102. The molecule has 1 unspecified atom stereocenters. The van der Waals surface area contributed by atoms with Gasteiger partial charge < -0.3 is 9.53 Å². The third kappa shape index (κ3) is 9.77. The highest BCUT2D eigenvalue weighted by Gasteiger charge is 2.32. The molecule has 1 aliphatic carbocycles. The lowest BCUT2D eigenvalue weighted by molar-refractivity contribution is -0.117. The molecule has 3 heteroatoms. The van der Waals surface area contributed by atoms with Crippen molar-refractivity contribution < 1.29 is 9.53 Å². The summed E-state index contributed by atoms with van der Waals surface area (Å²) >= 11 is 6.21. The van der Waals surface area contributed by atoms with E-state index in [1.165, 1.54) is 41.5 Å². The van der Waals surface area contributed by atoms with Gasteiger partial charge in [-0.25, -0.2) is 0 Å². The van der Waals surface area contributed by atoms with Crippen LogP contribution in [-0.4, -0.2) is 5.78 Å². The molecule has 0 fully saturated rings. The van der Waals surface area contributed by atoms with Gasteiger partial charge in [-0.3, -0.25) is 0 Å². The van der Waals surface area contributed by atoms with E-state index in [0.29, 0.717) is 11.7 Å². The maximum Gasteiger partial charge on any atom is 0.129 e. The Bertz CT molecular complexity index is 809. The molecule has 0 saturated carbocycles. The van der Waals surface area contributed by atoms with Crippen LogP contribution in [0.5, 0.6) is 5.75 Å². The smallest absolute Gasteiger partial charge is 0.129 e. The zero-order valence-corrected chi connectivity index (χ0v) is 22.0. The number of carbonyl (C=O) groups excluding carboxylic acids is 1. The third-order valence-corrected chi connectivity index (χ3v) is 5.91. The van der Waals surface area contributed by atoms with E-state index in [1.54, 1.807) is 6.92 Å². The molecule has 2 aromatic rings. The van der Waals surface area contributed by atoms with Crippen LogP contribution < -0.4 is 4.74 Å². The Morgan fingerprint density at radius 2 is 1.59 bits per heavy atom. The largest absolute Gasteiger partial charge is 0.485 e. The summed E-state index contributed by atoms with van der Waals surface area (Å²) in [6.45, 7) is 14.6. The zero-order chi connectivity index (χ0) is 24.1. The van der Waals surface area contributed by atoms with Crippen LogP contribution >= 0.6 is 11.6 Å². The van der Waals surface area contributed by atoms with Crippen LogP contribution in [0, 0.1) is 19.8 Å². The molecule has 2 atom stereocenters. The lowest BCUT2D eigenvalue weighted by Crippen LogP contribution is -2.11. The molecule has 0 saturated heterocycles. The van der Waals surface area contributed by atoms with Crippen molar-refractivity contribution in [3.8, 4) is 5.75 Å². The van der Waals surface area contributed by atoms with Gasteiger partial charge in [0.1, 0.15) is 17.6 Å². The van der Waals surface area contributed by atoms with Gasteiger partial charge in [0, 0.05) is 17.4 Å². The number of halogens is 1. The highest BCUT2D eigenvalue weighted by molar-refractivity contribution is 6.30. The summed E-state index contributed by atoms with van der Waals surface area (Å²) in [5, 5.41) is 0.799. The number of hydrogen-bond donors (Lipinski definition) is 0. The van der Waals surface area contributed by atoms with Gasteiger partial charge >= 0.3 is 0 Å². The average Bonchev–Trinajstić information content (AvgIpc) is 3.05. The lowest BCUT2D eigenvalue weighted by Gasteiger charge is -2.19. The highest BCUT2D eigenvalue weighted by Crippen LogP contribution is 2.41. The Kier molecular flexibility index (Phi) is 13.3. The molecule has 178 valence electrons. The molecule has 3 rings (SSSR count). The molecule has 0 spiro atoms. The molecule has 0 N–H and O–H groups in total. The Morgan fingerprint density at radius 1 is 1.00 bits per heavy atom. The van der Waals surface area contributed by atoms with E-state index in [4.69, 9.17) is 16.3 Å². The minimum Gasteiger partial charge on any atom is -0.485 e. The fourth-order valence-corrected chi connectivity index (χ4v) is 4.07. The van der Waals surface area contributed by atoms with Gasteiger partial charge in [0.2, 0.25) is 0 Å². The van der Waals surface area contributed by atoms with E-state index in [1.807, 2.05) is 18.2 Å². The normalized spacial score (nSPS) is 16.2. The van der Waals surface area contributed by atoms with Crippen molar-refractivity contribution in [1.82, 2.24) is 0 Å². The second kappa shape index (κ2) is 15.1. The quantitative estimate of drug-likeness (QED) is 0.413. The number of ketones is 1. The molecule has 1 aliphatic rings. The maximum absolute atomic E-state index is 10.2. The lowest BCUT2D eigenvalue weighted by atomic mass is 10.0. The van der Waals surface area contributed by atoms with Crippen LogP contribution in [-0.2, 0) is 11.2 Å². The molecular formula is C29H43ClO2. The first kappa shape index (κ1) is 28.2. The molecule has 0 radical (unpaired) electrons. The summed E-state index contributed by atoms with van der Waals surface area (Å²) in [4.78, 5) is 10.2. The van der Waals surface area contributed by atoms with Crippen molar-refractivity contribution >= 4 is 17.4 Å². The number of carbonyl (C=O) groups is 1. The van der Waals surface area contributed by atoms with E-state index >= 15 is 0 Å². The third-order valence-electron chi connectivity index (χ3n) is 5.70. The van der Waals surface area contributed by atoms with Crippen molar-refractivity contribution in [1.29, 1.82) is 0 Å². The van der Waals surface area contributed by atoms with E-state index < -0.39 is 0 Å². The van der Waals surface area contributed by atoms with Crippen molar-refractivity contribution in [3.05, 3.63) is 63.7 Å². The summed E-state index contributed by atoms with van der Waals surface area (Å²) in [6.07, 6.45) is 8.18. The summed E-state index contributed by atoms with van der Waals surface area (Å²) in [5.41, 5.74) is 5.17. The van der Waals surface area contributed by atoms with Crippen molar-refractivity contribution in [3.63, 3.8) is 0 Å². The number of aryl methyl sites for hydroxylation is 2. The van der Waals surface area contributed by atoms with Gasteiger partial charge in [-0.2, -0.15) is 0 Å². The standard InChI is InChI=1S/C18H19ClO.C6H12O.C5H12/c1-11-4-6-15(7-5-11)20-18-13(3)9-16-12(2)8-14(19)10-17(16)18;1-3-4-5-6(2)7;1-3-5-4-2/h4-8,10,13,18H,9H2,1-3H3;3-5H2,1-2H3;3-5H2,1-2H3/t13?,18-;;/m1../s1. The van der Waals surface area contributed by atoms with Gasteiger partial charge in [0.05, 0.1) is 0 Å². The van der Waals surface area contributed by atoms with Gasteiger partial charge in [-0.15, -0.1) is 0 Å². The molecule has 0 heterocycles. The number of fused-ring (bicyclic) bond motifs is 1. The van der Waals surface area contributed by atoms with Gasteiger partial charge in [0.25, 0.3) is 0 Å². The van der Waals surface area contributed by atoms with E-state index in [2.05, 4.69) is 59.7 Å². The SMILES string of the molecule is CCCCC.CCCCC(C)=O.Cc1ccc(O[C@H]2c3cc(Cl)cc(C)c3CC2C)cc1. The highest BCUT2D eigenvalue weighted by atomic mass is 35.5. The van der Waals surface area contributed by atoms with Gasteiger partial charge in [0.15, 0.2) is 0 Å². The first-order chi connectivity index (χ1) is 15.2. The molecule has 32 heavy (non-hydrogen) atoms. The second-order valence-corrected chi connectivity index (χ2v) is 9.42. The second-order valence-electron chi connectivity index (χ2n) is 8.98. The van der Waals surface area contributed by atoms with Crippen LogP contribution in [0.15, 0.2) is 36.4 Å². The van der Waals surface area contributed by atoms with Crippen molar-refractivity contribution in [2.45, 2.75) is 99.5 Å². The predicted molar refractivity (Wildman–Crippen MR) is 139 cm³/mol. The Hall–Kier alpha value is -1.80. The molecular weight excluding hydrogens is 416 g/mol. The van der Waals surface area contributed by atoms with Crippen LogP contribution in [0.2, 0.25) is 5.02 Å². The minimum atomic E-state index is 0.102. The topological polar surface area (TPSA) is 26.3 Å². The van der Waals surface area contributed by atoms with Crippen molar-refractivity contribution in [2.24, 2.45) is 5.92 Å². The Balaban J connectivity index is 0.000000355. The Labute approximate surface area is 201 Å². The number of Topliss-reactive ketones (excluding diaryl/α,β-unsaturated/α-hetero) is 1. The predicted octanol–water partition coefficient (Wildman–Crippen LogP) is 9.23. The van der Waals surface area contributed by atoms with E-state index in [9.17, 15) is 4.79 Å². The zero-order valence-electron chi connectivity index (χ0n) is 21.3. The molecule has 2 aromatic carbocycles. The average molecular weight is 459 g/mol. The molecule has 0 bridgehead atoms. The first-order valence-electron chi connectivity index (χ1n) is 12.2. The number of unbranched alkanes of at least 4 members (excludes halogenated alkanes) is 3. The number of ether oxygens (including phenoxy) is 1. The number of hydrogen-bond acceptors (Lipinski definition) is 2. The molecule has 2 nitrogen and oxygen atoms in total. The monoisotopic (exact) mass is 458 g/mol. The van der Waals surface area contributed by atoms with E-state index in [-0.39, 0.29) is 6.10 Å². The molecule has 0 aliphatic heterocycles. The first-order valence-corrected chi connectivity index (χ1v) is 12.6. The Morgan fingerprint density at radius 3 is 2.06 bits per heavy atom. The van der Waals surface area contributed by atoms with Crippen LogP contribution in [0.4, 0.5) is 0 Å². The molecule has 0 amide bonds. The number of rotatable bonds is 7. The van der Waals surface area contributed by atoms with Gasteiger partial charge in [-0.05, 0) is 74.6 Å². The van der Waals surface area contributed by atoms with E-state index in [0.717, 1.165) is 36.5 Å². The summed E-state index contributed by atoms with van der Waals surface area (Å²) in [7, 11) is 0. The van der Waals surface area contributed by atoms with Crippen LogP contribution in [0.25, 0.3) is 0 Å². The fraction of sp³-hybridized carbons (Fsp3) is 0.552. The number of benzene rings is 2. The summed E-state index contributed by atoms with van der Waals surface area (Å²) in [5.74, 6) is 1.71. The summed E-state index contributed by atoms with van der Waals surface area (Å²) < 4.78 is 6.22. The maximum atomic E-state index is 10.2. The summed E-state index contributed by atoms with van der Waals surface area (Å²) in [6, 6.07) is 12.3. The fourth-order valence-electron chi connectivity index (χ4n) is 3.79. The van der Waals surface area contributed by atoms with Crippen LogP contribution in [0.3, 0.4) is 0 Å². The molecule has 0 aromatic heterocycles. The van der Waals surface area contributed by atoms with Crippen molar-refractivity contribution in [2.75, 3.05) is 0 Å².